The number of hydrogen-bond acceptors (Lipinski definition) is 5. The molecule has 0 aliphatic heterocycles. The third-order valence-corrected chi connectivity index (χ3v) is 3.66. The van der Waals surface area contributed by atoms with Crippen LogP contribution in [-0.4, -0.2) is 34.3 Å². The molecule has 0 radical (unpaired) electrons. The van der Waals surface area contributed by atoms with Crippen LogP contribution in [0.3, 0.4) is 0 Å². The van der Waals surface area contributed by atoms with Crippen molar-refractivity contribution in [1.29, 1.82) is 5.26 Å². The Hall–Kier alpha value is -3.40. The molecule has 3 aromatic rings. The van der Waals surface area contributed by atoms with E-state index in [-0.39, 0.29) is 12.5 Å². The second kappa shape index (κ2) is 6.38. The third kappa shape index (κ3) is 2.77. The molecule has 2 aromatic heterocycles. The molecule has 1 amide bonds. The van der Waals surface area contributed by atoms with Gasteiger partial charge in [-0.2, -0.15) is 10.4 Å². The fourth-order valence-corrected chi connectivity index (χ4v) is 2.43. The summed E-state index contributed by atoms with van der Waals surface area (Å²) in [6, 6.07) is 11.0. The van der Waals surface area contributed by atoms with Gasteiger partial charge >= 0.3 is 0 Å². The van der Waals surface area contributed by atoms with Crippen molar-refractivity contribution in [3.63, 3.8) is 0 Å². The first kappa shape index (κ1) is 15.5. The number of rotatable bonds is 4. The molecule has 0 bridgehead atoms. The lowest BCUT2D eigenvalue weighted by Crippen LogP contribution is -2.23. The maximum atomic E-state index is 12.4. The number of nitrogens with zero attached hydrogens (tertiary/aromatic N) is 4. The highest BCUT2D eigenvalue weighted by molar-refractivity contribution is 6.06. The number of benzene rings is 1. The van der Waals surface area contributed by atoms with E-state index in [4.69, 9.17) is 10.00 Å². The van der Waals surface area contributed by atoms with Crippen LogP contribution in [0.15, 0.2) is 36.5 Å². The van der Waals surface area contributed by atoms with Crippen molar-refractivity contribution in [3.8, 4) is 23.1 Å². The highest BCUT2D eigenvalue weighted by atomic mass is 16.5. The lowest BCUT2D eigenvalue weighted by molar-refractivity contribution is 0.0960. The molecule has 0 aliphatic rings. The fourth-order valence-electron chi connectivity index (χ4n) is 2.43. The molecule has 0 aliphatic carbocycles. The number of ether oxygens (including phenoxy) is 1. The number of hydrogen-bond donors (Lipinski definition) is 1. The highest BCUT2D eigenvalue weighted by Gasteiger charge is 2.16. The summed E-state index contributed by atoms with van der Waals surface area (Å²) in [5, 5.41) is 16.0. The molecule has 1 aromatic carbocycles. The van der Waals surface area contributed by atoms with Gasteiger partial charge in [0.05, 0.1) is 36.0 Å². The van der Waals surface area contributed by atoms with Gasteiger partial charge in [0.25, 0.3) is 5.91 Å². The van der Waals surface area contributed by atoms with E-state index in [0.717, 1.165) is 11.3 Å². The van der Waals surface area contributed by atoms with Gasteiger partial charge in [-0.3, -0.25) is 9.48 Å². The largest absolute Gasteiger partial charge is 0.497 e. The summed E-state index contributed by atoms with van der Waals surface area (Å²) in [6.07, 6.45) is 1.60. The number of carbonyl (C=O) groups excluding carboxylic acids is 1. The average molecular weight is 321 g/mol. The van der Waals surface area contributed by atoms with Crippen LogP contribution in [0.2, 0.25) is 0 Å². The molecule has 0 spiro atoms. The molecule has 0 fully saturated rings. The van der Waals surface area contributed by atoms with Gasteiger partial charge in [0.1, 0.15) is 12.3 Å². The molecule has 0 atom stereocenters. The first-order chi connectivity index (χ1) is 11.6. The fraction of sp³-hybridized carbons (Fsp3) is 0.176. The maximum absolute atomic E-state index is 12.4. The molecule has 0 saturated heterocycles. The van der Waals surface area contributed by atoms with E-state index in [1.807, 2.05) is 30.3 Å². The Balaban J connectivity index is 2.13. The van der Waals surface area contributed by atoms with Crippen LogP contribution in [-0.2, 0) is 7.05 Å². The zero-order chi connectivity index (χ0) is 17.1. The third-order valence-electron chi connectivity index (χ3n) is 3.66. The van der Waals surface area contributed by atoms with E-state index in [1.54, 1.807) is 31.1 Å². The SMILES string of the molecule is COc1ccc(-c2cc(C(=O)NCC#N)c3cnn(C)c3n2)cc1. The summed E-state index contributed by atoms with van der Waals surface area (Å²) in [6.45, 7) is -0.0548. The minimum atomic E-state index is -0.327. The van der Waals surface area contributed by atoms with Gasteiger partial charge in [-0.1, -0.05) is 0 Å². The number of nitriles is 1. The lowest BCUT2D eigenvalue weighted by atomic mass is 10.1. The second-order valence-corrected chi connectivity index (χ2v) is 5.13. The Morgan fingerprint density at radius 2 is 2.12 bits per heavy atom. The van der Waals surface area contributed by atoms with E-state index in [1.165, 1.54) is 0 Å². The van der Waals surface area contributed by atoms with E-state index < -0.39 is 0 Å². The topological polar surface area (TPSA) is 92.8 Å². The molecule has 0 saturated carbocycles. The molecule has 3 rings (SSSR count). The first-order valence-corrected chi connectivity index (χ1v) is 7.26. The number of amides is 1. The highest BCUT2D eigenvalue weighted by Crippen LogP contribution is 2.26. The van der Waals surface area contributed by atoms with Gasteiger partial charge in [-0.05, 0) is 30.3 Å². The van der Waals surface area contributed by atoms with Crippen LogP contribution in [0.25, 0.3) is 22.3 Å². The summed E-state index contributed by atoms with van der Waals surface area (Å²) in [7, 11) is 3.37. The van der Waals surface area contributed by atoms with E-state index in [0.29, 0.717) is 22.3 Å². The number of pyridine rings is 1. The van der Waals surface area contributed by atoms with Crippen molar-refractivity contribution < 1.29 is 9.53 Å². The Bertz CT molecular complexity index is 938. The second-order valence-electron chi connectivity index (χ2n) is 5.13. The van der Waals surface area contributed by atoms with Gasteiger partial charge < -0.3 is 10.1 Å². The van der Waals surface area contributed by atoms with Crippen LogP contribution in [0, 0.1) is 11.3 Å². The van der Waals surface area contributed by atoms with Crippen LogP contribution >= 0.6 is 0 Å². The van der Waals surface area contributed by atoms with E-state index >= 15 is 0 Å². The smallest absolute Gasteiger partial charge is 0.252 e. The predicted molar refractivity (Wildman–Crippen MR) is 88.4 cm³/mol. The number of methoxy groups -OCH3 is 1. The lowest BCUT2D eigenvalue weighted by Gasteiger charge is -2.08. The molecule has 120 valence electrons. The van der Waals surface area contributed by atoms with Crippen molar-refractivity contribution in [2.24, 2.45) is 7.05 Å². The summed E-state index contributed by atoms with van der Waals surface area (Å²) >= 11 is 0. The molecular formula is C17H15N5O2. The van der Waals surface area contributed by atoms with Crippen LogP contribution < -0.4 is 10.1 Å². The van der Waals surface area contributed by atoms with Gasteiger partial charge in [0, 0.05) is 12.6 Å². The van der Waals surface area contributed by atoms with E-state index in [9.17, 15) is 4.79 Å². The predicted octanol–water partition coefficient (Wildman–Crippen LogP) is 1.90. The number of aromatic nitrogens is 3. The molecular weight excluding hydrogens is 306 g/mol. The number of carbonyl (C=O) groups is 1. The average Bonchev–Trinajstić information content (AvgIpc) is 3.00. The molecule has 0 unspecified atom stereocenters. The van der Waals surface area contributed by atoms with Crippen LogP contribution in [0.1, 0.15) is 10.4 Å². The molecule has 7 heteroatoms. The van der Waals surface area contributed by atoms with Gasteiger partial charge in [-0.15, -0.1) is 0 Å². The van der Waals surface area contributed by atoms with Crippen LogP contribution in [0.5, 0.6) is 5.75 Å². The van der Waals surface area contributed by atoms with Crippen molar-refractivity contribution in [1.82, 2.24) is 20.1 Å². The molecule has 7 nitrogen and oxygen atoms in total. The monoisotopic (exact) mass is 321 g/mol. The van der Waals surface area contributed by atoms with Crippen molar-refractivity contribution >= 4 is 16.9 Å². The van der Waals surface area contributed by atoms with Crippen molar-refractivity contribution in [2.45, 2.75) is 0 Å². The summed E-state index contributed by atoms with van der Waals surface area (Å²) in [5.74, 6) is 0.416. The number of nitrogens with one attached hydrogen (secondary N) is 1. The minimum Gasteiger partial charge on any atom is -0.497 e. The Morgan fingerprint density at radius 1 is 1.38 bits per heavy atom. The summed E-state index contributed by atoms with van der Waals surface area (Å²) < 4.78 is 6.77. The maximum Gasteiger partial charge on any atom is 0.252 e. The van der Waals surface area contributed by atoms with Crippen molar-refractivity contribution in [2.75, 3.05) is 13.7 Å². The zero-order valence-electron chi connectivity index (χ0n) is 13.3. The zero-order valence-corrected chi connectivity index (χ0v) is 13.3. The Morgan fingerprint density at radius 3 is 2.79 bits per heavy atom. The molecule has 24 heavy (non-hydrogen) atoms. The quantitative estimate of drug-likeness (QED) is 0.741. The summed E-state index contributed by atoms with van der Waals surface area (Å²) in [5.41, 5.74) is 2.55. The normalized spacial score (nSPS) is 10.4. The summed E-state index contributed by atoms with van der Waals surface area (Å²) in [4.78, 5) is 17.0. The van der Waals surface area contributed by atoms with Crippen LogP contribution in [0.4, 0.5) is 0 Å². The Kier molecular flexibility index (Phi) is 4.12. The van der Waals surface area contributed by atoms with E-state index in [2.05, 4.69) is 15.4 Å². The number of aryl methyl sites for hydroxylation is 1. The Labute approximate surface area is 138 Å². The van der Waals surface area contributed by atoms with Gasteiger partial charge in [0.15, 0.2) is 5.65 Å². The molecule has 2 heterocycles. The molecule has 1 N–H and O–H groups in total. The first-order valence-electron chi connectivity index (χ1n) is 7.26. The van der Waals surface area contributed by atoms with Gasteiger partial charge in [0.2, 0.25) is 0 Å². The standard InChI is InChI=1S/C17H15N5O2/c1-22-16-14(10-20-22)13(17(23)19-8-7-18)9-15(21-16)11-3-5-12(24-2)6-4-11/h3-6,9-10H,8H2,1-2H3,(H,19,23). The van der Waals surface area contributed by atoms with Gasteiger partial charge in [-0.25, -0.2) is 4.98 Å². The number of fused-ring (bicyclic) bond motifs is 1. The minimum absolute atomic E-state index is 0.0548. The van der Waals surface area contributed by atoms with Crippen molar-refractivity contribution in [3.05, 3.63) is 42.1 Å².